The Morgan fingerprint density at radius 3 is 2.74 bits per heavy atom. The third-order valence-electron chi connectivity index (χ3n) is 4.00. The van der Waals surface area contributed by atoms with E-state index in [0.29, 0.717) is 33.3 Å². The smallest absolute Gasteiger partial charge is 0.261 e. The van der Waals surface area contributed by atoms with Crippen LogP contribution in [0.5, 0.6) is 0 Å². The Morgan fingerprint density at radius 1 is 1.09 bits per heavy atom. The molecule has 0 amide bonds. The van der Waals surface area contributed by atoms with Gasteiger partial charge in [0, 0.05) is 16.6 Å². The molecule has 1 aliphatic heterocycles. The Bertz CT molecular complexity index is 1020. The zero-order valence-corrected chi connectivity index (χ0v) is 13.6. The maximum absolute atomic E-state index is 12.6. The van der Waals surface area contributed by atoms with Gasteiger partial charge in [0.2, 0.25) is 0 Å². The number of benzene rings is 2. The molecule has 3 aromatic rings. The Kier molecular flexibility index (Phi) is 3.47. The fraction of sp³-hybridized carbons (Fsp3) is 0.111. The Hall–Kier alpha value is -2.10. The summed E-state index contributed by atoms with van der Waals surface area (Å²) in [6, 6.07) is 12.8. The van der Waals surface area contributed by atoms with E-state index in [1.807, 2.05) is 30.3 Å². The second-order valence-corrected chi connectivity index (χ2v) is 6.40. The molecule has 2 aromatic carbocycles. The Labute approximate surface area is 142 Å². The molecule has 0 radical (unpaired) electrons. The molecule has 1 aliphatic rings. The molecule has 0 atom stereocenters. The van der Waals surface area contributed by atoms with Crippen LogP contribution in [0.3, 0.4) is 0 Å². The molecule has 0 N–H and O–H groups in total. The molecule has 0 unspecified atom stereocenters. The molecule has 4 rings (SSSR count). The van der Waals surface area contributed by atoms with Gasteiger partial charge in [-0.3, -0.25) is 9.36 Å². The summed E-state index contributed by atoms with van der Waals surface area (Å²) in [6.07, 6.45) is 2.81. The first-order chi connectivity index (χ1) is 11.1. The lowest BCUT2D eigenvalue weighted by Crippen LogP contribution is -2.20. The van der Waals surface area contributed by atoms with Crippen molar-refractivity contribution in [3.63, 3.8) is 0 Å². The van der Waals surface area contributed by atoms with E-state index in [9.17, 15) is 4.79 Å². The van der Waals surface area contributed by atoms with Crippen molar-refractivity contribution in [3.8, 4) is 0 Å². The van der Waals surface area contributed by atoms with E-state index in [4.69, 9.17) is 23.2 Å². The summed E-state index contributed by atoms with van der Waals surface area (Å²) in [7, 11) is 0. The number of aromatic nitrogens is 2. The number of hydrogen-bond acceptors (Lipinski definition) is 2. The quantitative estimate of drug-likeness (QED) is 0.645. The summed E-state index contributed by atoms with van der Waals surface area (Å²) in [5.74, 6) is 0.713. The Balaban J connectivity index is 1.91. The van der Waals surface area contributed by atoms with Gasteiger partial charge in [0.15, 0.2) is 0 Å². The highest BCUT2D eigenvalue weighted by Crippen LogP contribution is 2.28. The van der Waals surface area contributed by atoms with E-state index in [-0.39, 0.29) is 5.56 Å². The zero-order valence-electron chi connectivity index (χ0n) is 12.1. The van der Waals surface area contributed by atoms with Crippen LogP contribution in [0.4, 0.5) is 0 Å². The molecule has 0 bridgehead atoms. The predicted octanol–water partition coefficient (Wildman–Crippen LogP) is 4.65. The first-order valence-electron chi connectivity index (χ1n) is 7.28. The number of nitrogens with zero attached hydrogens (tertiary/aromatic N) is 2. The molecule has 0 aliphatic carbocycles. The summed E-state index contributed by atoms with van der Waals surface area (Å²) in [6.45, 7) is 0.645. The molecule has 2 heterocycles. The highest BCUT2D eigenvalue weighted by Gasteiger charge is 2.20. The van der Waals surface area contributed by atoms with Gasteiger partial charge in [-0.05, 0) is 54.0 Å². The second kappa shape index (κ2) is 5.52. The van der Waals surface area contributed by atoms with Crippen molar-refractivity contribution in [1.82, 2.24) is 9.55 Å². The van der Waals surface area contributed by atoms with Crippen molar-refractivity contribution in [1.29, 1.82) is 0 Å². The van der Waals surface area contributed by atoms with Crippen molar-refractivity contribution in [2.24, 2.45) is 0 Å². The predicted molar refractivity (Wildman–Crippen MR) is 95.0 cm³/mol. The lowest BCUT2D eigenvalue weighted by atomic mass is 10.1. The standard InChI is InChI=1S/C18H12Cl2N2O/c19-13-3-1-2-11(9-13)8-12-6-7-22-17(12)21-16-10-14(20)4-5-15(16)18(22)23/h1-5,8-10H,6-7H2/b12-8+. The van der Waals surface area contributed by atoms with Crippen molar-refractivity contribution in [2.75, 3.05) is 0 Å². The molecule has 0 spiro atoms. The molecule has 1 aromatic heterocycles. The molecular formula is C18H12Cl2N2O. The van der Waals surface area contributed by atoms with Crippen LogP contribution in [-0.2, 0) is 6.54 Å². The number of halogens is 2. The van der Waals surface area contributed by atoms with Crippen molar-refractivity contribution < 1.29 is 0 Å². The van der Waals surface area contributed by atoms with Crippen molar-refractivity contribution in [3.05, 3.63) is 74.3 Å². The van der Waals surface area contributed by atoms with Gasteiger partial charge < -0.3 is 0 Å². The van der Waals surface area contributed by atoms with Crippen LogP contribution < -0.4 is 5.56 Å². The maximum Gasteiger partial charge on any atom is 0.261 e. The van der Waals surface area contributed by atoms with Crippen molar-refractivity contribution in [2.45, 2.75) is 13.0 Å². The van der Waals surface area contributed by atoms with Gasteiger partial charge in [-0.2, -0.15) is 0 Å². The first-order valence-corrected chi connectivity index (χ1v) is 8.04. The van der Waals surface area contributed by atoms with E-state index in [1.165, 1.54) is 0 Å². The van der Waals surface area contributed by atoms with E-state index in [2.05, 4.69) is 4.98 Å². The van der Waals surface area contributed by atoms with Gasteiger partial charge >= 0.3 is 0 Å². The fourth-order valence-electron chi connectivity index (χ4n) is 2.93. The van der Waals surface area contributed by atoms with Crippen LogP contribution in [0, 0.1) is 0 Å². The average Bonchev–Trinajstić information content (AvgIpc) is 2.90. The highest BCUT2D eigenvalue weighted by molar-refractivity contribution is 6.31. The monoisotopic (exact) mass is 342 g/mol. The lowest BCUT2D eigenvalue weighted by Gasteiger charge is -2.06. The van der Waals surface area contributed by atoms with Crippen molar-refractivity contribution >= 4 is 45.8 Å². The summed E-state index contributed by atoms with van der Waals surface area (Å²) < 4.78 is 1.73. The molecule has 3 nitrogen and oxygen atoms in total. The van der Waals surface area contributed by atoms with Crippen LogP contribution in [-0.4, -0.2) is 9.55 Å². The average molecular weight is 343 g/mol. The third kappa shape index (κ3) is 2.56. The molecule has 0 saturated heterocycles. The van der Waals surface area contributed by atoms with Crippen LogP contribution in [0.1, 0.15) is 17.8 Å². The first kappa shape index (κ1) is 14.5. The minimum absolute atomic E-state index is 0.0174. The summed E-state index contributed by atoms with van der Waals surface area (Å²) in [5, 5.41) is 1.86. The summed E-state index contributed by atoms with van der Waals surface area (Å²) >= 11 is 12.1. The van der Waals surface area contributed by atoms with Crippen LogP contribution in [0.2, 0.25) is 10.0 Å². The molecular weight excluding hydrogens is 331 g/mol. The van der Waals surface area contributed by atoms with Gasteiger partial charge in [-0.25, -0.2) is 4.98 Å². The fourth-order valence-corrected chi connectivity index (χ4v) is 3.29. The van der Waals surface area contributed by atoms with Crippen LogP contribution in [0.15, 0.2) is 47.3 Å². The van der Waals surface area contributed by atoms with Crippen LogP contribution in [0.25, 0.3) is 22.6 Å². The topological polar surface area (TPSA) is 34.9 Å². The minimum atomic E-state index is -0.0174. The second-order valence-electron chi connectivity index (χ2n) is 5.53. The third-order valence-corrected chi connectivity index (χ3v) is 4.47. The van der Waals surface area contributed by atoms with Crippen LogP contribution >= 0.6 is 23.2 Å². The largest absolute Gasteiger partial charge is 0.292 e. The van der Waals surface area contributed by atoms with E-state index >= 15 is 0 Å². The normalized spacial score (nSPS) is 15.3. The van der Waals surface area contributed by atoms with Gasteiger partial charge in [-0.1, -0.05) is 35.3 Å². The number of fused-ring (bicyclic) bond motifs is 2. The zero-order chi connectivity index (χ0) is 16.0. The van der Waals surface area contributed by atoms with Gasteiger partial charge in [-0.15, -0.1) is 0 Å². The molecule has 5 heteroatoms. The highest BCUT2D eigenvalue weighted by atomic mass is 35.5. The number of rotatable bonds is 1. The van der Waals surface area contributed by atoms with Gasteiger partial charge in [0.1, 0.15) is 5.82 Å². The molecule has 0 fully saturated rings. The summed E-state index contributed by atoms with van der Waals surface area (Å²) in [5.41, 5.74) is 2.65. The lowest BCUT2D eigenvalue weighted by molar-refractivity contribution is 0.725. The maximum atomic E-state index is 12.6. The van der Waals surface area contributed by atoms with Gasteiger partial charge in [0.05, 0.1) is 10.9 Å². The number of hydrogen-bond donors (Lipinski definition) is 0. The number of allylic oxidation sites excluding steroid dienone is 1. The van der Waals surface area contributed by atoms with E-state index in [1.54, 1.807) is 22.8 Å². The Morgan fingerprint density at radius 2 is 1.91 bits per heavy atom. The molecule has 23 heavy (non-hydrogen) atoms. The summed E-state index contributed by atoms with van der Waals surface area (Å²) in [4.78, 5) is 17.3. The molecule has 0 saturated carbocycles. The minimum Gasteiger partial charge on any atom is -0.292 e. The molecule has 114 valence electrons. The van der Waals surface area contributed by atoms with E-state index in [0.717, 1.165) is 17.6 Å². The SMILES string of the molecule is O=c1c2ccc(Cl)cc2nc2n1CC/C2=C\c1cccc(Cl)c1. The van der Waals surface area contributed by atoms with Gasteiger partial charge in [0.25, 0.3) is 5.56 Å². The van der Waals surface area contributed by atoms with E-state index < -0.39 is 0 Å².